The number of nitrogens with one attached hydrogen (secondary N) is 1. The quantitative estimate of drug-likeness (QED) is 0.437. The number of ether oxygens (including phenoxy) is 1. The Labute approximate surface area is 183 Å². The van der Waals surface area contributed by atoms with Gasteiger partial charge in [-0.05, 0) is 42.0 Å². The topological polar surface area (TPSA) is 84.1 Å². The van der Waals surface area contributed by atoms with E-state index in [9.17, 15) is 14.9 Å². The van der Waals surface area contributed by atoms with E-state index in [-0.39, 0.29) is 16.9 Å². The monoisotopic (exact) mass is 439 g/mol. The van der Waals surface area contributed by atoms with Crippen molar-refractivity contribution in [3.05, 3.63) is 82.1 Å². The van der Waals surface area contributed by atoms with E-state index in [1.54, 1.807) is 30.9 Å². The molecule has 0 unspecified atom stereocenters. The number of halogens is 1. The molecule has 1 heterocycles. The van der Waals surface area contributed by atoms with Crippen LogP contribution < -0.4 is 5.32 Å². The van der Waals surface area contributed by atoms with Gasteiger partial charge in [-0.3, -0.25) is 4.79 Å². The summed E-state index contributed by atoms with van der Waals surface area (Å²) in [6.45, 7) is 0. The number of aromatic nitrogens is 1. The van der Waals surface area contributed by atoms with E-state index in [1.165, 1.54) is 17.9 Å². The van der Waals surface area contributed by atoms with Crippen LogP contribution in [0.2, 0.25) is 5.02 Å². The minimum atomic E-state index is -0.635. The van der Waals surface area contributed by atoms with Crippen molar-refractivity contribution in [2.75, 3.05) is 12.4 Å². The first-order chi connectivity index (χ1) is 14.4. The predicted octanol–water partition coefficient (Wildman–Crippen LogP) is 4.88. The maximum absolute atomic E-state index is 12.7. The number of carbonyl (C=O) groups excluding carboxylic acids is 2. The first-order valence-corrected chi connectivity index (χ1v) is 10.3. The van der Waals surface area contributed by atoms with Gasteiger partial charge in [-0.2, -0.15) is 5.26 Å². The van der Waals surface area contributed by atoms with Gasteiger partial charge in [-0.25, -0.2) is 4.79 Å². The Hall–Kier alpha value is -3.21. The first kappa shape index (κ1) is 21.5. The van der Waals surface area contributed by atoms with Crippen molar-refractivity contribution >= 4 is 40.9 Å². The summed E-state index contributed by atoms with van der Waals surface area (Å²) in [7, 11) is 2.85. The molecule has 0 aliphatic rings. The molecule has 0 saturated carbocycles. The fourth-order valence-electron chi connectivity index (χ4n) is 2.82. The SMILES string of the molecule is COC(=O)c1c(NC(=O)c2ccc(CSc3ccc(Cl)cc3)cc2)c(C#N)cn1C. The molecule has 2 aromatic carbocycles. The van der Waals surface area contributed by atoms with Gasteiger partial charge in [0.15, 0.2) is 5.69 Å². The molecule has 0 spiro atoms. The van der Waals surface area contributed by atoms with Gasteiger partial charge in [0, 0.05) is 34.5 Å². The maximum atomic E-state index is 12.7. The third kappa shape index (κ3) is 4.85. The lowest BCUT2D eigenvalue weighted by Crippen LogP contribution is -2.16. The molecule has 0 saturated heterocycles. The van der Waals surface area contributed by atoms with Gasteiger partial charge < -0.3 is 14.6 Å². The third-order valence-corrected chi connectivity index (χ3v) is 5.69. The summed E-state index contributed by atoms with van der Waals surface area (Å²) in [5.74, 6) is -0.309. The standard InChI is InChI=1S/C22H18ClN3O3S/c1-26-12-16(11-24)19(20(26)22(28)29-2)25-21(27)15-5-3-14(4-6-15)13-30-18-9-7-17(23)8-10-18/h3-10,12H,13H2,1-2H3,(H,25,27). The minimum Gasteiger partial charge on any atom is -0.464 e. The molecule has 6 nitrogen and oxygen atoms in total. The summed E-state index contributed by atoms with van der Waals surface area (Å²) in [5.41, 5.74) is 1.90. The maximum Gasteiger partial charge on any atom is 0.356 e. The molecule has 152 valence electrons. The van der Waals surface area contributed by atoms with E-state index in [2.05, 4.69) is 5.32 Å². The molecule has 0 aliphatic heterocycles. The van der Waals surface area contributed by atoms with Gasteiger partial charge in [0.25, 0.3) is 5.91 Å². The summed E-state index contributed by atoms with van der Waals surface area (Å²) >= 11 is 7.56. The molecule has 1 N–H and O–H groups in total. The molecule has 8 heteroatoms. The van der Waals surface area contributed by atoms with E-state index >= 15 is 0 Å². The van der Waals surface area contributed by atoms with Crippen LogP contribution in [0.4, 0.5) is 5.69 Å². The number of hydrogen-bond acceptors (Lipinski definition) is 5. The average molecular weight is 440 g/mol. The average Bonchev–Trinajstić information content (AvgIpc) is 3.08. The van der Waals surface area contributed by atoms with E-state index in [1.807, 2.05) is 42.5 Å². The van der Waals surface area contributed by atoms with Crippen molar-refractivity contribution in [3.63, 3.8) is 0 Å². The summed E-state index contributed by atoms with van der Waals surface area (Å²) in [5, 5.41) is 12.7. The number of benzene rings is 2. The highest BCUT2D eigenvalue weighted by Crippen LogP contribution is 2.26. The molecule has 0 atom stereocenters. The van der Waals surface area contributed by atoms with Crippen LogP contribution in [0.5, 0.6) is 0 Å². The number of nitrogens with zero attached hydrogens (tertiary/aromatic N) is 2. The van der Waals surface area contributed by atoms with Crippen LogP contribution in [0.15, 0.2) is 59.6 Å². The Balaban J connectivity index is 1.72. The molecule has 0 bridgehead atoms. The van der Waals surface area contributed by atoms with Gasteiger partial charge >= 0.3 is 5.97 Å². The van der Waals surface area contributed by atoms with Crippen molar-refractivity contribution < 1.29 is 14.3 Å². The van der Waals surface area contributed by atoms with Crippen LogP contribution in [0.3, 0.4) is 0 Å². The summed E-state index contributed by atoms with van der Waals surface area (Å²) < 4.78 is 6.21. The van der Waals surface area contributed by atoms with Crippen LogP contribution in [-0.4, -0.2) is 23.6 Å². The Kier molecular flexibility index (Phi) is 6.83. The van der Waals surface area contributed by atoms with E-state index in [4.69, 9.17) is 16.3 Å². The highest BCUT2D eigenvalue weighted by atomic mass is 35.5. The van der Waals surface area contributed by atoms with Gasteiger partial charge in [0.1, 0.15) is 6.07 Å². The second kappa shape index (κ2) is 9.53. The van der Waals surface area contributed by atoms with E-state index < -0.39 is 11.9 Å². The molecule has 0 radical (unpaired) electrons. The van der Waals surface area contributed by atoms with E-state index in [0.717, 1.165) is 16.2 Å². The molecule has 30 heavy (non-hydrogen) atoms. The molecule has 3 aromatic rings. The molecular weight excluding hydrogens is 422 g/mol. The highest BCUT2D eigenvalue weighted by Gasteiger charge is 2.23. The Bertz CT molecular complexity index is 1120. The van der Waals surface area contributed by atoms with Gasteiger partial charge in [0.05, 0.1) is 18.4 Å². The Morgan fingerprint density at radius 3 is 2.43 bits per heavy atom. The molecule has 3 rings (SSSR count). The number of thioether (sulfide) groups is 1. The fourth-order valence-corrected chi connectivity index (χ4v) is 3.80. The number of methoxy groups -OCH3 is 1. The van der Waals surface area contributed by atoms with Crippen molar-refractivity contribution in [2.45, 2.75) is 10.6 Å². The summed E-state index contributed by atoms with van der Waals surface area (Å²) in [6, 6.07) is 16.7. The molecule has 1 amide bonds. The van der Waals surface area contributed by atoms with Crippen molar-refractivity contribution in [3.8, 4) is 6.07 Å². The first-order valence-electron chi connectivity index (χ1n) is 8.89. The van der Waals surface area contributed by atoms with Crippen LogP contribution in [-0.2, 0) is 17.5 Å². The van der Waals surface area contributed by atoms with Crippen LogP contribution in [0.1, 0.15) is 32.0 Å². The van der Waals surface area contributed by atoms with E-state index in [0.29, 0.717) is 10.6 Å². The van der Waals surface area contributed by atoms with Crippen molar-refractivity contribution in [1.29, 1.82) is 5.26 Å². The van der Waals surface area contributed by atoms with Gasteiger partial charge in [-0.1, -0.05) is 23.7 Å². The number of carbonyl (C=O) groups is 2. The number of hydrogen-bond donors (Lipinski definition) is 1. The smallest absolute Gasteiger partial charge is 0.356 e. The van der Waals surface area contributed by atoms with Crippen LogP contribution >= 0.6 is 23.4 Å². The number of aryl methyl sites for hydroxylation is 1. The number of anilines is 1. The zero-order chi connectivity index (χ0) is 21.7. The number of rotatable bonds is 6. The van der Waals surface area contributed by atoms with Gasteiger partial charge in [0.2, 0.25) is 0 Å². The van der Waals surface area contributed by atoms with Gasteiger partial charge in [-0.15, -0.1) is 11.8 Å². The molecule has 1 aromatic heterocycles. The summed E-state index contributed by atoms with van der Waals surface area (Å²) in [4.78, 5) is 25.8. The zero-order valence-corrected chi connectivity index (χ0v) is 17.9. The predicted molar refractivity (Wildman–Crippen MR) is 117 cm³/mol. The molecular formula is C22H18ClN3O3S. The Morgan fingerprint density at radius 1 is 1.17 bits per heavy atom. The number of esters is 1. The normalized spacial score (nSPS) is 10.3. The second-order valence-corrected chi connectivity index (χ2v) is 7.86. The summed E-state index contributed by atoms with van der Waals surface area (Å²) in [6.07, 6.45) is 1.47. The van der Waals surface area contributed by atoms with Crippen molar-refractivity contribution in [1.82, 2.24) is 4.57 Å². The van der Waals surface area contributed by atoms with Crippen LogP contribution in [0.25, 0.3) is 0 Å². The Morgan fingerprint density at radius 2 is 1.83 bits per heavy atom. The lowest BCUT2D eigenvalue weighted by atomic mass is 10.1. The largest absolute Gasteiger partial charge is 0.464 e. The van der Waals surface area contributed by atoms with Crippen LogP contribution in [0, 0.1) is 11.3 Å². The number of amides is 1. The fraction of sp³-hybridized carbons (Fsp3) is 0.136. The lowest BCUT2D eigenvalue weighted by molar-refractivity contribution is 0.0591. The van der Waals surface area contributed by atoms with Crippen molar-refractivity contribution in [2.24, 2.45) is 7.05 Å². The highest BCUT2D eigenvalue weighted by molar-refractivity contribution is 7.98. The third-order valence-electron chi connectivity index (χ3n) is 4.35. The zero-order valence-electron chi connectivity index (χ0n) is 16.3. The lowest BCUT2D eigenvalue weighted by Gasteiger charge is -2.09. The number of nitriles is 1. The minimum absolute atomic E-state index is 0.110. The molecule has 0 aliphatic carbocycles. The molecule has 0 fully saturated rings. The second-order valence-electron chi connectivity index (χ2n) is 6.37.